The van der Waals surface area contributed by atoms with Gasteiger partial charge in [-0.25, -0.2) is 4.39 Å². The predicted octanol–water partition coefficient (Wildman–Crippen LogP) is 2.61. The van der Waals surface area contributed by atoms with E-state index in [2.05, 4.69) is 0 Å². The first-order valence-corrected chi connectivity index (χ1v) is 4.87. The number of halogens is 2. The third-order valence-corrected chi connectivity index (χ3v) is 2.47. The molecule has 0 aliphatic heterocycles. The standard InChI is InChI=1S/C8H8ClFN2S/c9-6-3-1-2-5(7(6)10)4-13-8(11)12/h1-3H,4H2,(H3,11,12). The minimum Gasteiger partial charge on any atom is -0.379 e. The van der Waals surface area contributed by atoms with Crippen molar-refractivity contribution in [2.45, 2.75) is 5.75 Å². The quantitative estimate of drug-likeness (QED) is 0.592. The summed E-state index contributed by atoms with van der Waals surface area (Å²) in [4.78, 5) is 0. The Bertz CT molecular complexity index is 330. The van der Waals surface area contributed by atoms with Crippen LogP contribution in [0.1, 0.15) is 5.56 Å². The van der Waals surface area contributed by atoms with Crippen molar-refractivity contribution in [2.24, 2.45) is 5.73 Å². The van der Waals surface area contributed by atoms with Crippen LogP contribution in [0.3, 0.4) is 0 Å². The molecule has 70 valence electrons. The largest absolute Gasteiger partial charge is 0.379 e. The second-order valence-electron chi connectivity index (χ2n) is 2.37. The van der Waals surface area contributed by atoms with Crippen LogP contribution in [-0.4, -0.2) is 5.17 Å². The fourth-order valence-corrected chi connectivity index (χ4v) is 1.54. The molecule has 0 fully saturated rings. The molecule has 0 bridgehead atoms. The third-order valence-electron chi connectivity index (χ3n) is 1.41. The van der Waals surface area contributed by atoms with Gasteiger partial charge >= 0.3 is 0 Å². The molecular formula is C8H8ClFN2S. The Balaban J connectivity index is 2.77. The number of thioether (sulfide) groups is 1. The molecule has 1 rings (SSSR count). The lowest BCUT2D eigenvalue weighted by Crippen LogP contribution is -2.04. The first-order valence-electron chi connectivity index (χ1n) is 3.51. The maximum absolute atomic E-state index is 13.2. The summed E-state index contributed by atoms with van der Waals surface area (Å²) in [5, 5.41) is 7.02. The summed E-state index contributed by atoms with van der Waals surface area (Å²) in [6.07, 6.45) is 0. The minimum atomic E-state index is -0.432. The highest BCUT2D eigenvalue weighted by Crippen LogP contribution is 2.21. The lowest BCUT2D eigenvalue weighted by Gasteiger charge is -2.02. The maximum atomic E-state index is 13.2. The maximum Gasteiger partial charge on any atom is 0.151 e. The normalized spacial score (nSPS) is 10.0. The van der Waals surface area contributed by atoms with E-state index in [1.165, 1.54) is 6.07 Å². The smallest absolute Gasteiger partial charge is 0.151 e. The van der Waals surface area contributed by atoms with Crippen LogP contribution in [0.15, 0.2) is 18.2 Å². The number of rotatable bonds is 2. The first kappa shape index (κ1) is 10.3. The Morgan fingerprint density at radius 2 is 2.31 bits per heavy atom. The molecule has 0 spiro atoms. The molecular weight excluding hydrogens is 211 g/mol. The zero-order valence-electron chi connectivity index (χ0n) is 6.68. The molecule has 0 amide bonds. The fraction of sp³-hybridized carbons (Fsp3) is 0.125. The van der Waals surface area contributed by atoms with E-state index >= 15 is 0 Å². The van der Waals surface area contributed by atoms with E-state index in [0.717, 1.165) is 11.8 Å². The fourth-order valence-electron chi connectivity index (χ4n) is 0.815. The second kappa shape index (κ2) is 4.48. The topological polar surface area (TPSA) is 49.9 Å². The van der Waals surface area contributed by atoms with Gasteiger partial charge in [0.15, 0.2) is 5.17 Å². The molecule has 0 atom stereocenters. The van der Waals surface area contributed by atoms with E-state index in [0.29, 0.717) is 11.3 Å². The lowest BCUT2D eigenvalue weighted by molar-refractivity contribution is 0.618. The van der Waals surface area contributed by atoms with Gasteiger partial charge in [0.1, 0.15) is 5.82 Å². The highest BCUT2D eigenvalue weighted by molar-refractivity contribution is 8.13. The number of benzene rings is 1. The molecule has 1 aromatic carbocycles. The van der Waals surface area contributed by atoms with Crippen LogP contribution in [0.25, 0.3) is 0 Å². The Morgan fingerprint density at radius 1 is 1.62 bits per heavy atom. The molecule has 0 saturated heterocycles. The SMILES string of the molecule is N=C(N)SCc1cccc(Cl)c1F. The van der Waals surface area contributed by atoms with Crippen LogP contribution in [0.4, 0.5) is 4.39 Å². The van der Waals surface area contributed by atoms with Gasteiger partial charge in [-0.15, -0.1) is 0 Å². The highest BCUT2D eigenvalue weighted by Gasteiger charge is 2.06. The van der Waals surface area contributed by atoms with Crippen molar-refractivity contribution < 1.29 is 4.39 Å². The summed E-state index contributed by atoms with van der Waals surface area (Å²) in [6, 6.07) is 4.78. The van der Waals surface area contributed by atoms with Gasteiger partial charge in [0, 0.05) is 5.75 Å². The van der Waals surface area contributed by atoms with Gasteiger partial charge in [-0.05, 0) is 11.6 Å². The van der Waals surface area contributed by atoms with E-state index in [4.69, 9.17) is 22.7 Å². The first-order chi connectivity index (χ1) is 6.11. The van der Waals surface area contributed by atoms with E-state index in [1.807, 2.05) is 0 Å². The number of nitrogens with one attached hydrogen (secondary N) is 1. The Hall–Kier alpha value is -0.740. The monoisotopic (exact) mass is 218 g/mol. The van der Waals surface area contributed by atoms with Crippen molar-refractivity contribution in [3.63, 3.8) is 0 Å². The van der Waals surface area contributed by atoms with Crippen LogP contribution in [-0.2, 0) is 5.75 Å². The molecule has 0 unspecified atom stereocenters. The summed E-state index contributed by atoms with van der Waals surface area (Å²) < 4.78 is 13.2. The predicted molar refractivity (Wildman–Crippen MR) is 54.6 cm³/mol. The molecule has 0 aromatic heterocycles. The average Bonchev–Trinajstić information content (AvgIpc) is 2.07. The Labute approximate surface area is 84.8 Å². The summed E-state index contributed by atoms with van der Waals surface area (Å²) in [5.41, 5.74) is 5.58. The van der Waals surface area contributed by atoms with Crippen molar-refractivity contribution in [1.82, 2.24) is 0 Å². The zero-order chi connectivity index (χ0) is 9.84. The van der Waals surface area contributed by atoms with E-state index in [9.17, 15) is 4.39 Å². The molecule has 0 aliphatic carbocycles. The van der Waals surface area contributed by atoms with E-state index < -0.39 is 5.82 Å². The molecule has 3 N–H and O–H groups in total. The summed E-state index contributed by atoms with van der Waals surface area (Å²) in [6.45, 7) is 0. The molecule has 0 aliphatic rings. The Kier molecular flexibility index (Phi) is 3.57. The van der Waals surface area contributed by atoms with Gasteiger partial charge in [-0.2, -0.15) is 0 Å². The van der Waals surface area contributed by atoms with E-state index in [1.54, 1.807) is 12.1 Å². The molecule has 0 saturated carbocycles. The molecule has 0 radical (unpaired) electrons. The van der Waals surface area contributed by atoms with Crippen molar-refractivity contribution in [3.05, 3.63) is 34.6 Å². The van der Waals surface area contributed by atoms with Crippen molar-refractivity contribution in [3.8, 4) is 0 Å². The number of amidine groups is 1. The van der Waals surface area contributed by atoms with Crippen LogP contribution in [0.5, 0.6) is 0 Å². The zero-order valence-corrected chi connectivity index (χ0v) is 8.25. The van der Waals surface area contributed by atoms with Crippen LogP contribution in [0.2, 0.25) is 5.02 Å². The lowest BCUT2D eigenvalue weighted by atomic mass is 10.2. The van der Waals surface area contributed by atoms with Gasteiger partial charge in [0.25, 0.3) is 0 Å². The highest BCUT2D eigenvalue weighted by atomic mass is 35.5. The number of hydrogen-bond donors (Lipinski definition) is 2. The van der Waals surface area contributed by atoms with Gasteiger partial charge in [0.2, 0.25) is 0 Å². The van der Waals surface area contributed by atoms with Gasteiger partial charge in [-0.3, -0.25) is 5.41 Å². The number of hydrogen-bond acceptors (Lipinski definition) is 2. The second-order valence-corrected chi connectivity index (χ2v) is 3.79. The van der Waals surface area contributed by atoms with Crippen molar-refractivity contribution >= 4 is 28.5 Å². The van der Waals surface area contributed by atoms with Crippen molar-refractivity contribution in [2.75, 3.05) is 0 Å². The van der Waals surface area contributed by atoms with Crippen LogP contribution < -0.4 is 5.73 Å². The van der Waals surface area contributed by atoms with Crippen LogP contribution >= 0.6 is 23.4 Å². The minimum absolute atomic E-state index is 0.0284. The molecule has 5 heteroatoms. The van der Waals surface area contributed by atoms with E-state index in [-0.39, 0.29) is 10.2 Å². The van der Waals surface area contributed by atoms with Gasteiger partial charge in [-0.1, -0.05) is 35.5 Å². The Morgan fingerprint density at radius 3 is 2.92 bits per heavy atom. The van der Waals surface area contributed by atoms with Gasteiger partial charge < -0.3 is 5.73 Å². The molecule has 13 heavy (non-hydrogen) atoms. The average molecular weight is 219 g/mol. The summed E-state index contributed by atoms with van der Waals surface area (Å²) >= 11 is 6.63. The van der Waals surface area contributed by atoms with Crippen molar-refractivity contribution in [1.29, 1.82) is 5.41 Å². The molecule has 2 nitrogen and oxygen atoms in total. The molecule has 0 heterocycles. The summed E-state index contributed by atoms with van der Waals surface area (Å²) in [7, 11) is 0. The summed E-state index contributed by atoms with van der Waals surface area (Å²) in [5.74, 6) is -0.0974. The molecule has 1 aromatic rings. The van der Waals surface area contributed by atoms with Crippen LogP contribution in [0, 0.1) is 11.2 Å². The van der Waals surface area contributed by atoms with Gasteiger partial charge in [0.05, 0.1) is 5.02 Å². The number of nitrogens with two attached hydrogens (primary N) is 1. The third kappa shape index (κ3) is 2.90.